The van der Waals surface area contributed by atoms with E-state index in [4.69, 9.17) is 28.9 Å². The molecule has 2 unspecified atom stereocenters. The Morgan fingerprint density at radius 3 is 1.08 bits per heavy atom. The van der Waals surface area contributed by atoms with Gasteiger partial charge in [-0.2, -0.15) is 30.4 Å². The van der Waals surface area contributed by atoms with Crippen LogP contribution >= 0.6 is 0 Å². The van der Waals surface area contributed by atoms with E-state index in [1.54, 1.807) is 40.6 Å². The fourth-order valence-corrected chi connectivity index (χ4v) is 6.29. The Kier molecular flexibility index (Phi) is 32.2. The molecule has 388 valence electrons. The Labute approximate surface area is 388 Å². The predicted octanol–water partition coefficient (Wildman–Crippen LogP) is 0.458. The SMILES string of the molecule is COC1CCCCC1.CON1CC([N+](=O)[O-])([N+](=O)[O-])C1.CON1CC1.CON1CC1[N+](=O)[O-].CON1CCC1.CON1CCCC1.CON1CCN(C)CC1.CON1CCN([N+](=O)[O-])CC1. The first-order chi connectivity index (χ1) is 31.6. The van der Waals surface area contributed by atoms with E-state index >= 15 is 0 Å². The zero-order chi connectivity index (χ0) is 49.5. The minimum atomic E-state index is -2.06. The summed E-state index contributed by atoms with van der Waals surface area (Å²) in [4.78, 5) is 74.3. The monoisotopic (exact) mass is 962 g/mol. The minimum Gasteiger partial charge on any atom is -0.381 e. The first-order valence-electron chi connectivity index (χ1n) is 22.2. The first kappa shape index (κ1) is 60.8. The molecular formula is C37H79N13O16. The molecule has 7 aliphatic heterocycles. The minimum absolute atomic E-state index is 0.302. The van der Waals surface area contributed by atoms with Gasteiger partial charge in [-0.3, -0.25) is 35.2 Å². The fourth-order valence-electron chi connectivity index (χ4n) is 6.29. The number of likely N-dealkylation sites (N-methyl/N-ethyl adjacent to an activating group) is 1. The Balaban J connectivity index is 0.000000382. The Bertz CT molecular complexity index is 1280. The molecule has 29 heteroatoms. The summed E-state index contributed by atoms with van der Waals surface area (Å²) < 4.78 is 5.19. The zero-order valence-corrected chi connectivity index (χ0v) is 40.7. The molecule has 66 heavy (non-hydrogen) atoms. The van der Waals surface area contributed by atoms with E-state index in [-0.39, 0.29) is 23.0 Å². The van der Waals surface area contributed by atoms with Crippen molar-refractivity contribution in [3.8, 4) is 0 Å². The summed E-state index contributed by atoms with van der Waals surface area (Å²) in [6, 6.07) is 0. The number of hydroxylamine groups is 14. The van der Waals surface area contributed by atoms with E-state index in [1.165, 1.54) is 75.7 Å². The zero-order valence-electron chi connectivity index (χ0n) is 40.7. The van der Waals surface area contributed by atoms with E-state index in [9.17, 15) is 40.5 Å². The van der Waals surface area contributed by atoms with Crippen molar-refractivity contribution in [1.29, 1.82) is 0 Å². The van der Waals surface area contributed by atoms with Gasteiger partial charge in [0.05, 0.1) is 69.0 Å². The highest BCUT2D eigenvalue weighted by Gasteiger charge is 2.67. The third-order valence-corrected chi connectivity index (χ3v) is 11.2. The molecule has 8 rings (SSSR count). The number of nitrogens with zero attached hydrogens (tertiary/aromatic N) is 13. The van der Waals surface area contributed by atoms with Crippen molar-refractivity contribution in [2.45, 2.75) is 69.3 Å². The molecule has 7 heterocycles. The summed E-state index contributed by atoms with van der Waals surface area (Å²) in [7, 11) is 15.1. The molecule has 0 amide bonds. The number of hydrazine groups is 1. The maximum absolute atomic E-state index is 10.3. The second kappa shape index (κ2) is 35.0. The van der Waals surface area contributed by atoms with Crippen LogP contribution in [-0.2, 0) is 38.6 Å². The smallest absolute Gasteiger partial charge is 0.381 e. The third-order valence-electron chi connectivity index (χ3n) is 11.2. The van der Waals surface area contributed by atoms with E-state index in [0.717, 1.165) is 70.5 Å². The predicted molar refractivity (Wildman–Crippen MR) is 237 cm³/mol. The molecule has 0 N–H and O–H groups in total. The van der Waals surface area contributed by atoms with Crippen LogP contribution in [0.15, 0.2) is 0 Å². The van der Waals surface area contributed by atoms with E-state index in [1.807, 2.05) is 27.4 Å². The molecule has 0 spiro atoms. The van der Waals surface area contributed by atoms with Crippen molar-refractivity contribution < 1.29 is 58.4 Å². The van der Waals surface area contributed by atoms with Gasteiger partial charge >= 0.3 is 11.8 Å². The summed E-state index contributed by atoms with van der Waals surface area (Å²) in [6.45, 7) is 12.9. The van der Waals surface area contributed by atoms with E-state index in [0.29, 0.717) is 38.8 Å². The molecule has 8 aliphatic rings. The number of methoxy groups -OCH3 is 1. The van der Waals surface area contributed by atoms with Gasteiger partial charge in [-0.05, 0) is 39.2 Å². The van der Waals surface area contributed by atoms with Gasteiger partial charge in [0.2, 0.25) is 0 Å². The summed E-state index contributed by atoms with van der Waals surface area (Å²) >= 11 is 0. The number of ether oxygens (including phenoxy) is 1. The van der Waals surface area contributed by atoms with Crippen molar-refractivity contribution in [3.05, 3.63) is 40.5 Å². The summed E-state index contributed by atoms with van der Waals surface area (Å²) in [5.74, 6) is 0. The van der Waals surface area contributed by atoms with Crippen molar-refractivity contribution in [3.63, 3.8) is 0 Å². The van der Waals surface area contributed by atoms with Gasteiger partial charge < -0.3 is 38.7 Å². The molecule has 1 aliphatic carbocycles. The standard InChI is InChI=1S/C7H14O.C6H14N2O.C5H11N3O3.C5H11NO.C4H7N3O5.C4H9NO.C3H6N2O3.C3H7NO/c1-8-7-5-3-2-4-6-7;1-7-3-5-8(9-2)6-4-7;1-11-7-4-2-6(3-5-7)8(9)10;1-7-6-4-2-3-5-6;1-12-5-2-4(3-5,6(8)9)7(10)11;1-6-5-3-2-4-5;1-8-4-2-3(4)5(6)7;1-5-4-2-3-4/h7H,2-6H2,1H3;3-6H2,1-2H3;2-5H2,1H3;2-5H2,1H3;2-3H2,1H3;2-4H2,1H3;3H,2H2,1H3;2-3H2,1H3. The highest BCUT2D eigenvalue weighted by atomic mass is 16.7. The molecule has 0 aromatic heterocycles. The number of rotatable bonds is 12. The van der Waals surface area contributed by atoms with Gasteiger partial charge in [0, 0.05) is 90.6 Å². The van der Waals surface area contributed by atoms with Crippen LogP contribution in [0.3, 0.4) is 0 Å². The van der Waals surface area contributed by atoms with Crippen LogP contribution in [0.2, 0.25) is 0 Å². The highest BCUT2D eigenvalue weighted by molar-refractivity contribution is 4.82. The van der Waals surface area contributed by atoms with Crippen LogP contribution in [-0.4, -0.2) is 258 Å². The van der Waals surface area contributed by atoms with E-state index in [2.05, 4.69) is 21.6 Å². The van der Waals surface area contributed by atoms with Gasteiger partial charge in [0.1, 0.15) is 16.4 Å². The maximum atomic E-state index is 10.3. The molecule has 2 atom stereocenters. The Hall–Kier alpha value is -3.24. The average molecular weight is 962 g/mol. The topological polar surface area (TPSA) is 275 Å². The molecule has 7 saturated heterocycles. The summed E-state index contributed by atoms with van der Waals surface area (Å²) in [5, 5.41) is 53.4. The van der Waals surface area contributed by atoms with Crippen LogP contribution in [0, 0.1) is 40.5 Å². The molecule has 0 radical (unpaired) electrons. The van der Waals surface area contributed by atoms with Crippen molar-refractivity contribution in [2.75, 3.05) is 175 Å². The van der Waals surface area contributed by atoms with Crippen LogP contribution in [0.1, 0.15) is 51.4 Å². The van der Waals surface area contributed by atoms with Crippen LogP contribution in [0.4, 0.5) is 0 Å². The summed E-state index contributed by atoms with van der Waals surface area (Å²) in [5.41, 5.74) is -2.06. The largest absolute Gasteiger partial charge is 0.487 e. The quantitative estimate of drug-likeness (QED) is 0.111. The van der Waals surface area contributed by atoms with Crippen LogP contribution in [0.25, 0.3) is 0 Å². The molecule has 0 aromatic rings. The third kappa shape index (κ3) is 25.2. The number of hydrogen-bond donors (Lipinski definition) is 0. The first-order valence-corrected chi connectivity index (χ1v) is 22.2. The molecule has 0 aromatic carbocycles. The van der Waals surface area contributed by atoms with Crippen LogP contribution in [0.5, 0.6) is 0 Å². The molecule has 29 nitrogen and oxygen atoms in total. The van der Waals surface area contributed by atoms with Gasteiger partial charge in [-0.25, -0.2) is 10.1 Å². The lowest BCUT2D eigenvalue weighted by molar-refractivity contribution is -0.817. The van der Waals surface area contributed by atoms with Crippen LogP contribution < -0.4 is 0 Å². The van der Waals surface area contributed by atoms with Crippen molar-refractivity contribution in [2.24, 2.45) is 0 Å². The summed E-state index contributed by atoms with van der Waals surface area (Å²) in [6.07, 6.45) is 10.6. The lowest BCUT2D eigenvalue weighted by atomic mass is 9.98. The fraction of sp³-hybridized carbons (Fsp3) is 1.00. The van der Waals surface area contributed by atoms with Crippen molar-refractivity contribution >= 4 is 0 Å². The number of nitro groups is 4. The Morgan fingerprint density at radius 1 is 0.455 bits per heavy atom. The van der Waals surface area contributed by atoms with Gasteiger partial charge in [0.25, 0.3) is 0 Å². The normalized spacial score (nSPS) is 24.1. The van der Waals surface area contributed by atoms with Gasteiger partial charge in [-0.15, -0.1) is 10.1 Å². The molecule has 0 bridgehead atoms. The lowest BCUT2D eigenvalue weighted by Crippen LogP contribution is -2.69. The molecule has 1 saturated carbocycles. The van der Waals surface area contributed by atoms with Gasteiger partial charge in [-0.1, -0.05) is 19.3 Å². The number of piperazine rings is 2. The van der Waals surface area contributed by atoms with Crippen molar-refractivity contribution in [1.82, 2.24) is 45.4 Å². The maximum Gasteiger partial charge on any atom is 0.487 e. The molecular weight excluding hydrogens is 882 g/mol. The Morgan fingerprint density at radius 2 is 0.833 bits per heavy atom. The van der Waals surface area contributed by atoms with E-state index < -0.39 is 21.7 Å². The average Bonchev–Trinajstić information content (AvgIpc) is 4.24. The lowest BCUT2D eigenvalue weighted by Gasteiger charge is -2.33. The number of hydrogen-bond acceptors (Lipinski definition) is 24. The molecule has 8 fully saturated rings. The second-order valence-corrected chi connectivity index (χ2v) is 15.6. The second-order valence-electron chi connectivity index (χ2n) is 15.6. The highest BCUT2D eigenvalue weighted by Crippen LogP contribution is 2.24. The van der Waals surface area contributed by atoms with Gasteiger partial charge in [0.15, 0.2) is 18.1 Å².